The van der Waals surface area contributed by atoms with E-state index in [9.17, 15) is 19.5 Å². The molecule has 0 aliphatic carbocycles. The highest BCUT2D eigenvalue weighted by molar-refractivity contribution is 8.02. The third-order valence-corrected chi connectivity index (χ3v) is 11.3. The van der Waals surface area contributed by atoms with E-state index < -0.39 is 28.7 Å². The number of carbonyl (C=O) groups is 3. The fourth-order valence-corrected chi connectivity index (χ4v) is 9.61. The Morgan fingerprint density at radius 3 is 2.26 bits per heavy atom. The van der Waals surface area contributed by atoms with Crippen LogP contribution in [-0.2, 0) is 14.4 Å². The van der Waals surface area contributed by atoms with Gasteiger partial charge in [-0.2, -0.15) is 0 Å². The monoisotopic (exact) mass is 596 g/mol. The van der Waals surface area contributed by atoms with E-state index in [4.69, 9.17) is 0 Å². The molecule has 2 unspecified atom stereocenters. The van der Waals surface area contributed by atoms with Gasteiger partial charge in [0.25, 0.3) is 5.91 Å². The lowest BCUT2D eigenvalue weighted by Crippen LogP contribution is -2.57. The first kappa shape index (κ1) is 32.1. The van der Waals surface area contributed by atoms with Gasteiger partial charge in [0.1, 0.15) is 6.04 Å². The van der Waals surface area contributed by atoms with Gasteiger partial charge < -0.3 is 24.7 Å². The second-order valence-corrected chi connectivity index (χ2v) is 13.1. The number of anilines is 2. The van der Waals surface area contributed by atoms with Crippen molar-refractivity contribution in [1.82, 2.24) is 9.80 Å². The molecule has 6 atom stereocenters. The summed E-state index contributed by atoms with van der Waals surface area (Å²) in [6.45, 7) is 18.8. The van der Waals surface area contributed by atoms with Gasteiger partial charge in [-0.05, 0) is 63.8 Å². The van der Waals surface area contributed by atoms with Gasteiger partial charge in [0.2, 0.25) is 11.8 Å². The molecule has 1 spiro atoms. The van der Waals surface area contributed by atoms with Crippen molar-refractivity contribution in [3.63, 3.8) is 0 Å². The first-order valence-electron chi connectivity index (χ1n) is 15.6. The molecule has 0 aromatic heterocycles. The maximum Gasteiger partial charge on any atom is 0.251 e. The quantitative estimate of drug-likeness (QED) is 0.304. The van der Waals surface area contributed by atoms with Gasteiger partial charge in [0, 0.05) is 49.3 Å². The fourth-order valence-electron chi connectivity index (χ4n) is 7.42. The van der Waals surface area contributed by atoms with E-state index in [1.54, 1.807) is 33.7 Å². The average Bonchev–Trinajstić information content (AvgIpc) is 3.64. The molecule has 3 amide bonds. The van der Waals surface area contributed by atoms with Crippen molar-refractivity contribution in [2.24, 2.45) is 11.8 Å². The molecule has 1 aromatic rings. The Bertz CT molecular complexity index is 1150. The molecule has 230 valence electrons. The minimum atomic E-state index is -0.777. The van der Waals surface area contributed by atoms with E-state index in [1.165, 1.54) is 0 Å². The maximum absolute atomic E-state index is 14.8. The normalized spacial score (nSPS) is 26.6. The Morgan fingerprint density at radius 2 is 1.71 bits per heavy atom. The summed E-state index contributed by atoms with van der Waals surface area (Å²) in [5, 5.41) is 10.4. The molecular formula is C33H48N4O4S. The second-order valence-electron chi connectivity index (χ2n) is 11.5. The van der Waals surface area contributed by atoms with Crippen LogP contribution in [0.4, 0.5) is 11.4 Å². The molecule has 8 nitrogen and oxygen atoms in total. The predicted molar refractivity (Wildman–Crippen MR) is 172 cm³/mol. The lowest BCUT2D eigenvalue weighted by Gasteiger charge is -2.39. The van der Waals surface area contributed by atoms with Gasteiger partial charge in [0.05, 0.1) is 29.2 Å². The number of aliphatic hydroxyl groups excluding tert-OH is 1. The van der Waals surface area contributed by atoms with Crippen LogP contribution in [0.25, 0.3) is 0 Å². The van der Waals surface area contributed by atoms with E-state index in [2.05, 4.69) is 31.9 Å². The summed E-state index contributed by atoms with van der Waals surface area (Å²) in [4.78, 5) is 50.6. The topological polar surface area (TPSA) is 84.4 Å². The summed E-state index contributed by atoms with van der Waals surface area (Å²) >= 11 is 1.67. The molecule has 3 aliphatic rings. The smallest absolute Gasteiger partial charge is 0.251 e. The second kappa shape index (κ2) is 13.7. The highest BCUT2D eigenvalue weighted by atomic mass is 32.2. The van der Waals surface area contributed by atoms with Crippen LogP contribution in [0, 0.1) is 11.8 Å². The van der Waals surface area contributed by atoms with Gasteiger partial charge in [-0.1, -0.05) is 26.0 Å². The molecule has 0 saturated carbocycles. The number of rotatable bonds is 15. The predicted octanol–water partition coefficient (Wildman–Crippen LogP) is 4.34. The van der Waals surface area contributed by atoms with E-state index in [0.717, 1.165) is 37.3 Å². The summed E-state index contributed by atoms with van der Waals surface area (Å²) < 4.78 is -0.714. The zero-order chi connectivity index (χ0) is 30.6. The summed E-state index contributed by atoms with van der Waals surface area (Å²) in [6.07, 6.45) is 6.24. The van der Waals surface area contributed by atoms with E-state index >= 15 is 0 Å². The molecule has 42 heavy (non-hydrogen) atoms. The Labute approximate surface area is 255 Å². The number of nitrogens with zero attached hydrogens (tertiary/aromatic N) is 4. The molecule has 4 rings (SSSR count). The highest BCUT2D eigenvalue weighted by Crippen LogP contribution is 2.67. The minimum absolute atomic E-state index is 0.0107. The molecule has 3 saturated heterocycles. The molecule has 3 aliphatic heterocycles. The van der Waals surface area contributed by atoms with Gasteiger partial charge in [-0.15, -0.1) is 24.9 Å². The van der Waals surface area contributed by atoms with Gasteiger partial charge >= 0.3 is 0 Å². The third kappa shape index (κ3) is 5.39. The zero-order valence-corrected chi connectivity index (χ0v) is 26.5. The molecule has 1 N–H and O–H groups in total. The van der Waals surface area contributed by atoms with E-state index in [1.807, 2.05) is 43.0 Å². The highest BCUT2D eigenvalue weighted by Gasteiger charge is 2.74. The lowest BCUT2D eigenvalue weighted by molar-refractivity contribution is -0.145. The zero-order valence-electron chi connectivity index (χ0n) is 25.7. The van der Waals surface area contributed by atoms with E-state index in [-0.39, 0.29) is 29.6 Å². The van der Waals surface area contributed by atoms with Crippen LogP contribution in [-0.4, -0.2) is 94.0 Å². The molecule has 2 bridgehead atoms. The third-order valence-electron chi connectivity index (χ3n) is 9.35. The maximum atomic E-state index is 14.8. The number of likely N-dealkylation sites (tertiary alicyclic amines) is 1. The van der Waals surface area contributed by atoms with Gasteiger partial charge in [-0.25, -0.2) is 0 Å². The van der Waals surface area contributed by atoms with Crippen LogP contribution < -0.4 is 9.80 Å². The average molecular weight is 597 g/mol. The van der Waals surface area contributed by atoms with Crippen LogP contribution >= 0.6 is 11.8 Å². The lowest BCUT2D eigenvalue weighted by atomic mass is 9.70. The standard InChI is InChI=1S/C33H48N4O4S/c1-7-19-35(20-8-2)30(39)27-26-17-18-33(42-26)28(27)31(40)37(23(10-4)22-38)29(33)32(41)36(21-9-3)25-15-13-24(14-16-25)34(11-5)12-6/h7,9,13-16,23,26-29,38H,1,3,8,10-12,17-22H2,2,4-6H3/t23-,26-,27+,28-,29?,33?/m0/s1. The number of hydrogen-bond donors (Lipinski definition) is 1. The van der Waals surface area contributed by atoms with Crippen molar-refractivity contribution in [1.29, 1.82) is 0 Å². The number of amides is 3. The van der Waals surface area contributed by atoms with Crippen LogP contribution in [0.15, 0.2) is 49.6 Å². The Morgan fingerprint density at radius 1 is 1.07 bits per heavy atom. The van der Waals surface area contributed by atoms with Crippen LogP contribution in [0.5, 0.6) is 0 Å². The fraction of sp³-hybridized carbons (Fsp3) is 0.606. The Kier molecular flexibility index (Phi) is 10.5. The number of benzene rings is 1. The number of thioether (sulfide) groups is 1. The molecule has 0 radical (unpaired) electrons. The summed E-state index contributed by atoms with van der Waals surface area (Å²) in [5.41, 5.74) is 1.82. The van der Waals surface area contributed by atoms with Crippen molar-refractivity contribution in [3.05, 3.63) is 49.6 Å². The van der Waals surface area contributed by atoms with Crippen molar-refractivity contribution < 1.29 is 19.5 Å². The van der Waals surface area contributed by atoms with Crippen molar-refractivity contribution >= 4 is 40.9 Å². The molecule has 1 aromatic carbocycles. The molecule has 3 fully saturated rings. The molecule has 3 heterocycles. The van der Waals surface area contributed by atoms with Crippen LogP contribution in [0.2, 0.25) is 0 Å². The number of carbonyl (C=O) groups excluding carboxylic acids is 3. The summed E-state index contributed by atoms with van der Waals surface area (Å²) in [5.74, 6) is -1.45. The SMILES string of the molecule is C=CCN(CCC)C(=O)[C@@H]1[C@@H]2CCC3(S2)C(C(=O)N(CC=C)c2ccc(N(CC)CC)cc2)N([C@@H](CC)CO)C(=O)[C@H]13. The van der Waals surface area contributed by atoms with Crippen molar-refractivity contribution in [3.8, 4) is 0 Å². The Hall–Kier alpha value is -2.78. The number of aliphatic hydroxyl groups is 1. The number of fused-ring (bicyclic) bond motifs is 1. The molecule has 9 heteroatoms. The first-order chi connectivity index (χ1) is 20.3. The first-order valence-corrected chi connectivity index (χ1v) is 16.4. The molecular weight excluding hydrogens is 548 g/mol. The number of hydrogen-bond acceptors (Lipinski definition) is 6. The van der Waals surface area contributed by atoms with Crippen molar-refractivity contribution in [2.45, 2.75) is 75.5 Å². The van der Waals surface area contributed by atoms with Crippen LogP contribution in [0.3, 0.4) is 0 Å². The van der Waals surface area contributed by atoms with Gasteiger partial charge in [-0.3, -0.25) is 14.4 Å². The Balaban J connectivity index is 1.76. The minimum Gasteiger partial charge on any atom is -0.394 e. The summed E-state index contributed by atoms with van der Waals surface area (Å²) in [6, 6.07) is 6.69. The van der Waals surface area contributed by atoms with Crippen molar-refractivity contribution in [2.75, 3.05) is 49.1 Å². The van der Waals surface area contributed by atoms with Gasteiger partial charge in [0.15, 0.2) is 0 Å². The largest absolute Gasteiger partial charge is 0.394 e. The van der Waals surface area contributed by atoms with Crippen LogP contribution in [0.1, 0.15) is 53.4 Å². The summed E-state index contributed by atoms with van der Waals surface area (Å²) in [7, 11) is 0. The van der Waals surface area contributed by atoms with E-state index in [0.29, 0.717) is 32.5 Å².